The van der Waals surface area contributed by atoms with Crippen molar-refractivity contribution in [3.63, 3.8) is 0 Å². The quantitative estimate of drug-likeness (QED) is 0.241. The first-order chi connectivity index (χ1) is 28.3. The second kappa shape index (κ2) is 17.1. The van der Waals surface area contributed by atoms with Crippen molar-refractivity contribution >= 4 is 44.5 Å². The molecule has 1 aliphatic carbocycles. The predicted molar refractivity (Wildman–Crippen MR) is 219 cm³/mol. The lowest BCUT2D eigenvalue weighted by molar-refractivity contribution is -0.134. The van der Waals surface area contributed by atoms with Crippen molar-refractivity contribution in [1.82, 2.24) is 34.0 Å². The highest BCUT2D eigenvalue weighted by molar-refractivity contribution is 7.89. The fraction of sp³-hybridized carbons (Fsp3) is 0.634. The molecule has 320 valence electrons. The van der Waals surface area contributed by atoms with Gasteiger partial charge in [-0.1, -0.05) is 12.1 Å². The number of hydrogen-bond donors (Lipinski definition) is 3. The molecule has 2 aromatic heterocycles. The number of nitrogens with zero attached hydrogens (tertiary/aromatic N) is 7. The lowest BCUT2D eigenvalue weighted by atomic mass is 9.90. The number of halogens is 2. The van der Waals surface area contributed by atoms with Crippen LogP contribution in [0.15, 0.2) is 41.3 Å². The fourth-order valence-corrected chi connectivity index (χ4v) is 11.3. The zero-order valence-electron chi connectivity index (χ0n) is 33.6. The minimum absolute atomic E-state index is 0.0631. The third-order valence-electron chi connectivity index (χ3n) is 13.4. The van der Waals surface area contributed by atoms with E-state index < -0.39 is 39.2 Å². The molecule has 4 aliphatic heterocycles. The Bertz CT molecular complexity index is 2180. The molecule has 4 saturated heterocycles. The van der Waals surface area contributed by atoms with Gasteiger partial charge >= 0.3 is 0 Å². The Kier molecular flexibility index (Phi) is 12.1. The summed E-state index contributed by atoms with van der Waals surface area (Å²) in [7, 11) is -3.47. The summed E-state index contributed by atoms with van der Waals surface area (Å²) in [4.78, 5) is 53.2. The zero-order valence-corrected chi connectivity index (χ0v) is 34.4. The van der Waals surface area contributed by atoms with Crippen LogP contribution in [0.1, 0.15) is 94.2 Å². The number of benzene rings is 1. The number of piperidine rings is 3. The topological polar surface area (TPSA) is 173 Å². The third kappa shape index (κ3) is 9.02. The standard InChI is InChI=1S/C41H55F2N9O6S/c1-41(56)14-2-3-34(41)52-37-28(25-33(36(42)43)39(52)55)26-44-40(47-37)45-29-10-17-51(18-11-29)59(57,58)24-23-48-15-12-31(13-16-48)50-21-19-49(20-22-50)30-6-4-27(5-7-30)32-8-9-35(53)46-38(32)54/h4-7,25-26,29,31-32,34,36,56H,2-3,8-24H2,1H3,(H,44,45,47)(H,46,53,54)/t32?,34-,41-/m1/s1. The first-order valence-electron chi connectivity index (χ1n) is 21.1. The number of carbonyl (C=O) groups excluding carboxylic acids is 2. The number of carbonyl (C=O) groups is 2. The van der Waals surface area contributed by atoms with Gasteiger partial charge < -0.3 is 20.2 Å². The van der Waals surface area contributed by atoms with Crippen molar-refractivity contribution in [2.75, 3.05) is 74.9 Å². The number of amides is 2. The van der Waals surface area contributed by atoms with Crippen LogP contribution in [0, 0.1) is 0 Å². The summed E-state index contributed by atoms with van der Waals surface area (Å²) in [5, 5.41) is 17.0. The van der Waals surface area contributed by atoms with Crippen LogP contribution in [-0.4, -0.2) is 136 Å². The summed E-state index contributed by atoms with van der Waals surface area (Å²) in [5.41, 5.74) is -0.507. The molecule has 3 aromatic rings. The number of hydrogen-bond acceptors (Lipinski definition) is 12. The van der Waals surface area contributed by atoms with Gasteiger partial charge in [-0.15, -0.1) is 0 Å². The van der Waals surface area contributed by atoms with Gasteiger partial charge in [0, 0.05) is 81.6 Å². The molecular formula is C41H55F2N9O6S. The fourth-order valence-electron chi connectivity index (χ4n) is 9.81. The highest BCUT2D eigenvalue weighted by Crippen LogP contribution is 2.40. The van der Waals surface area contributed by atoms with Crippen molar-refractivity contribution in [1.29, 1.82) is 0 Å². The minimum Gasteiger partial charge on any atom is -0.388 e. The number of alkyl halides is 2. The molecule has 3 N–H and O–H groups in total. The molecule has 5 aliphatic rings. The average molecular weight is 840 g/mol. The van der Waals surface area contributed by atoms with E-state index in [4.69, 9.17) is 0 Å². The van der Waals surface area contributed by atoms with E-state index in [1.54, 1.807) is 11.2 Å². The number of rotatable bonds is 11. The Morgan fingerprint density at radius 1 is 0.949 bits per heavy atom. The van der Waals surface area contributed by atoms with Crippen LogP contribution in [0.4, 0.5) is 20.4 Å². The van der Waals surface area contributed by atoms with E-state index in [0.29, 0.717) is 70.6 Å². The molecule has 1 saturated carbocycles. The van der Waals surface area contributed by atoms with E-state index in [0.717, 1.165) is 69.4 Å². The number of piperazine rings is 1. The van der Waals surface area contributed by atoms with Crippen LogP contribution in [-0.2, 0) is 19.6 Å². The Morgan fingerprint density at radius 3 is 2.31 bits per heavy atom. The lowest BCUT2D eigenvalue weighted by Gasteiger charge is -2.43. The Labute approximate surface area is 343 Å². The van der Waals surface area contributed by atoms with Gasteiger partial charge in [0.25, 0.3) is 12.0 Å². The molecule has 1 unspecified atom stereocenters. The Morgan fingerprint density at radius 2 is 1.66 bits per heavy atom. The highest BCUT2D eigenvalue weighted by Gasteiger charge is 2.40. The molecule has 18 heteroatoms. The number of nitrogens with one attached hydrogen (secondary N) is 2. The van der Waals surface area contributed by atoms with E-state index in [1.807, 2.05) is 12.1 Å². The number of aromatic nitrogens is 3. The summed E-state index contributed by atoms with van der Waals surface area (Å²) in [5.74, 6) is -0.425. The number of imide groups is 1. The maximum Gasteiger partial charge on any atom is 0.269 e. The monoisotopic (exact) mass is 839 g/mol. The number of anilines is 2. The van der Waals surface area contributed by atoms with Crippen molar-refractivity contribution in [2.24, 2.45) is 0 Å². The van der Waals surface area contributed by atoms with Crippen LogP contribution in [0.5, 0.6) is 0 Å². The zero-order chi connectivity index (χ0) is 41.5. The number of fused-ring (bicyclic) bond motifs is 1. The minimum atomic E-state index is -3.47. The van der Waals surface area contributed by atoms with Crippen molar-refractivity contribution in [3.05, 3.63) is 58.0 Å². The summed E-state index contributed by atoms with van der Waals surface area (Å²) < 4.78 is 57.4. The maximum absolute atomic E-state index is 13.9. The van der Waals surface area contributed by atoms with Gasteiger partial charge in [-0.2, -0.15) is 4.98 Å². The number of likely N-dealkylation sites (tertiary alicyclic amines) is 1. The molecule has 6 heterocycles. The largest absolute Gasteiger partial charge is 0.388 e. The smallest absolute Gasteiger partial charge is 0.269 e. The van der Waals surface area contributed by atoms with E-state index in [1.165, 1.54) is 10.8 Å². The Hall–Kier alpha value is -4.10. The highest BCUT2D eigenvalue weighted by atomic mass is 32.2. The molecule has 3 atom stereocenters. The molecule has 59 heavy (non-hydrogen) atoms. The summed E-state index contributed by atoms with van der Waals surface area (Å²) in [6, 6.07) is 8.92. The number of aliphatic hydroxyl groups is 1. The van der Waals surface area contributed by atoms with E-state index in [2.05, 4.69) is 47.4 Å². The van der Waals surface area contributed by atoms with Gasteiger partial charge in [0.1, 0.15) is 5.65 Å². The number of pyridine rings is 1. The second-order valence-corrected chi connectivity index (χ2v) is 19.2. The van der Waals surface area contributed by atoms with Gasteiger partial charge in [0.2, 0.25) is 27.8 Å². The average Bonchev–Trinajstić information content (AvgIpc) is 3.58. The van der Waals surface area contributed by atoms with Crippen molar-refractivity contribution in [2.45, 2.75) is 101 Å². The molecular weight excluding hydrogens is 785 g/mol. The van der Waals surface area contributed by atoms with Crippen LogP contribution in [0.3, 0.4) is 0 Å². The van der Waals surface area contributed by atoms with Crippen LogP contribution in [0.2, 0.25) is 0 Å². The Balaban J connectivity index is 0.781. The first-order valence-corrected chi connectivity index (χ1v) is 22.7. The number of sulfonamides is 1. The lowest BCUT2D eigenvalue weighted by Crippen LogP contribution is -2.53. The summed E-state index contributed by atoms with van der Waals surface area (Å²) in [6.45, 7) is 8.25. The first kappa shape index (κ1) is 41.6. The summed E-state index contributed by atoms with van der Waals surface area (Å²) in [6.07, 6.45) is 3.94. The molecule has 1 aromatic carbocycles. The molecule has 0 radical (unpaired) electrons. The van der Waals surface area contributed by atoms with Crippen molar-refractivity contribution in [3.8, 4) is 0 Å². The van der Waals surface area contributed by atoms with Gasteiger partial charge in [-0.05, 0) is 95.1 Å². The third-order valence-corrected chi connectivity index (χ3v) is 15.2. The van der Waals surface area contributed by atoms with Gasteiger partial charge in [-0.25, -0.2) is 26.5 Å². The van der Waals surface area contributed by atoms with Crippen LogP contribution < -0.4 is 21.1 Å². The maximum atomic E-state index is 13.9. The summed E-state index contributed by atoms with van der Waals surface area (Å²) >= 11 is 0. The van der Waals surface area contributed by atoms with Gasteiger partial charge in [-0.3, -0.25) is 29.2 Å². The molecule has 0 bridgehead atoms. The predicted octanol–water partition coefficient (Wildman–Crippen LogP) is 3.22. The van der Waals surface area contributed by atoms with Crippen LogP contribution >= 0.6 is 0 Å². The van der Waals surface area contributed by atoms with Gasteiger partial charge in [0.05, 0.1) is 28.9 Å². The van der Waals surface area contributed by atoms with E-state index >= 15 is 0 Å². The van der Waals surface area contributed by atoms with E-state index in [-0.39, 0.29) is 46.5 Å². The van der Waals surface area contributed by atoms with Crippen molar-refractivity contribution < 1.29 is 31.9 Å². The molecule has 0 spiro atoms. The molecule has 2 amide bonds. The molecule has 15 nitrogen and oxygen atoms in total. The van der Waals surface area contributed by atoms with Gasteiger partial charge in [0.15, 0.2) is 0 Å². The van der Waals surface area contributed by atoms with Crippen LogP contribution in [0.25, 0.3) is 11.0 Å². The van der Waals surface area contributed by atoms with E-state index in [9.17, 15) is 36.7 Å². The SMILES string of the molecule is C[C@@]1(O)CCC[C@H]1n1c(=O)c(C(F)F)cc2cnc(NC3CCN(S(=O)(=O)CCN4CCC(N5CCN(c6ccc(C7CCC(=O)NC7=O)cc6)CC5)CC4)CC3)nc21. The molecule has 5 fully saturated rings. The second-order valence-electron chi connectivity index (χ2n) is 17.1. The normalized spacial score (nSPS) is 26.2. The molecule has 8 rings (SSSR count).